The summed E-state index contributed by atoms with van der Waals surface area (Å²) in [5, 5.41) is 0. The van der Waals surface area contributed by atoms with E-state index in [-0.39, 0.29) is 11.7 Å². The highest BCUT2D eigenvalue weighted by Gasteiger charge is 2.29. The quantitative estimate of drug-likeness (QED) is 0.666. The molecular weight excluding hydrogens is 332 g/mol. The summed E-state index contributed by atoms with van der Waals surface area (Å²) in [6, 6.07) is 15.3. The Balaban J connectivity index is 1.69. The van der Waals surface area contributed by atoms with Gasteiger partial charge in [0.05, 0.1) is 11.2 Å². The van der Waals surface area contributed by atoms with E-state index in [0.29, 0.717) is 17.0 Å². The van der Waals surface area contributed by atoms with E-state index in [9.17, 15) is 9.59 Å². The van der Waals surface area contributed by atoms with Crippen LogP contribution in [0.5, 0.6) is 0 Å². The minimum atomic E-state index is -0.0318. The minimum absolute atomic E-state index is 0.0318. The zero-order chi connectivity index (χ0) is 17.4. The first-order valence-electron chi connectivity index (χ1n) is 8.10. The van der Waals surface area contributed by atoms with Crippen LogP contribution in [0.3, 0.4) is 0 Å². The van der Waals surface area contributed by atoms with Gasteiger partial charge in [0, 0.05) is 23.4 Å². The van der Waals surface area contributed by atoms with E-state index < -0.39 is 0 Å². The molecule has 0 saturated heterocycles. The summed E-state index contributed by atoms with van der Waals surface area (Å²) in [5.41, 5.74) is 6.01. The monoisotopic (exact) mass is 348 g/mol. The Bertz CT molecular complexity index is 963. The Morgan fingerprint density at radius 2 is 1.92 bits per heavy atom. The van der Waals surface area contributed by atoms with Crippen molar-refractivity contribution < 1.29 is 9.59 Å². The van der Waals surface area contributed by atoms with Gasteiger partial charge in [0.15, 0.2) is 5.78 Å². The Morgan fingerprint density at radius 3 is 2.68 bits per heavy atom. The number of hydrogen-bond donors (Lipinski definition) is 0. The number of nitrogens with zero attached hydrogens (tertiary/aromatic N) is 2. The van der Waals surface area contributed by atoms with Crippen molar-refractivity contribution in [2.75, 3.05) is 11.4 Å². The summed E-state index contributed by atoms with van der Waals surface area (Å²) < 4.78 is 0. The van der Waals surface area contributed by atoms with Crippen molar-refractivity contribution in [2.24, 2.45) is 0 Å². The number of rotatable bonds is 3. The topological polar surface area (TPSA) is 50.3 Å². The van der Waals surface area contributed by atoms with Gasteiger partial charge in [0.25, 0.3) is 5.91 Å². The average molecular weight is 348 g/mol. The van der Waals surface area contributed by atoms with Crippen molar-refractivity contribution in [3.05, 3.63) is 70.0 Å². The van der Waals surface area contributed by atoms with Crippen LogP contribution in [0.25, 0.3) is 11.3 Å². The number of carbonyl (C=O) groups is 2. The lowest BCUT2D eigenvalue weighted by atomic mass is 10.1. The average Bonchev–Trinajstić information content (AvgIpc) is 3.28. The van der Waals surface area contributed by atoms with Gasteiger partial charge in [-0.1, -0.05) is 30.3 Å². The Hall–Kier alpha value is -2.79. The number of fused-ring (bicyclic) bond motifs is 1. The summed E-state index contributed by atoms with van der Waals surface area (Å²) in [7, 11) is 0. The van der Waals surface area contributed by atoms with Gasteiger partial charge in [-0.05, 0) is 37.1 Å². The number of benzene rings is 2. The zero-order valence-corrected chi connectivity index (χ0v) is 14.5. The molecule has 0 atom stereocenters. The highest BCUT2D eigenvalue weighted by atomic mass is 32.1. The van der Waals surface area contributed by atoms with Crippen molar-refractivity contribution in [1.29, 1.82) is 0 Å². The van der Waals surface area contributed by atoms with Crippen LogP contribution in [-0.2, 0) is 6.42 Å². The van der Waals surface area contributed by atoms with Crippen molar-refractivity contribution in [3.8, 4) is 11.3 Å². The molecule has 1 aliphatic heterocycles. The van der Waals surface area contributed by atoms with Gasteiger partial charge < -0.3 is 4.90 Å². The fourth-order valence-electron chi connectivity index (χ4n) is 3.15. The summed E-state index contributed by atoms with van der Waals surface area (Å²) in [5.74, 6) is 0.0112. The van der Waals surface area contributed by atoms with E-state index in [4.69, 9.17) is 0 Å². The fraction of sp³-hybridized carbons (Fsp3) is 0.150. The number of hydrogen-bond acceptors (Lipinski definition) is 4. The normalized spacial score (nSPS) is 12.9. The van der Waals surface area contributed by atoms with Gasteiger partial charge in [-0.3, -0.25) is 9.59 Å². The molecule has 1 aliphatic rings. The minimum Gasteiger partial charge on any atom is -0.307 e. The number of amides is 1. The maximum atomic E-state index is 13.1. The van der Waals surface area contributed by atoms with Crippen LogP contribution in [0.2, 0.25) is 0 Å². The molecule has 25 heavy (non-hydrogen) atoms. The van der Waals surface area contributed by atoms with E-state index >= 15 is 0 Å². The van der Waals surface area contributed by atoms with Crippen molar-refractivity contribution in [3.63, 3.8) is 0 Å². The lowest BCUT2D eigenvalue weighted by molar-refractivity contribution is 0.0991. The number of carbonyl (C=O) groups excluding carboxylic acids is 2. The van der Waals surface area contributed by atoms with Crippen molar-refractivity contribution in [1.82, 2.24) is 4.98 Å². The maximum Gasteiger partial charge on any atom is 0.270 e. The van der Waals surface area contributed by atoms with Crippen LogP contribution < -0.4 is 4.90 Å². The molecule has 2 aromatic carbocycles. The third-order valence-corrected chi connectivity index (χ3v) is 5.25. The molecule has 0 bridgehead atoms. The molecule has 5 heteroatoms. The van der Waals surface area contributed by atoms with Crippen molar-refractivity contribution >= 4 is 28.7 Å². The number of Topliss-reactive ketones (excluding diaryl/α,β-unsaturated/α-hetero) is 1. The van der Waals surface area contributed by atoms with Crippen LogP contribution in [0.4, 0.5) is 5.69 Å². The molecule has 1 amide bonds. The van der Waals surface area contributed by atoms with E-state index in [1.807, 2.05) is 42.5 Å². The van der Waals surface area contributed by atoms with E-state index in [1.165, 1.54) is 11.3 Å². The van der Waals surface area contributed by atoms with Crippen molar-refractivity contribution in [2.45, 2.75) is 13.3 Å². The van der Waals surface area contributed by atoms with Gasteiger partial charge in [-0.15, -0.1) is 11.3 Å². The Kier molecular flexibility index (Phi) is 3.93. The van der Waals surface area contributed by atoms with Crippen LogP contribution >= 0.6 is 11.3 Å². The standard InChI is InChI=1S/C20H16N2O2S/c1-13(23)15-7-8-17-16(11-15)9-10-22(17)20(24)19-18(21-12-25-19)14-5-3-2-4-6-14/h2-8,11-12H,9-10H2,1H3. The highest BCUT2D eigenvalue weighted by molar-refractivity contribution is 7.12. The first-order valence-corrected chi connectivity index (χ1v) is 8.98. The Labute approximate surface area is 149 Å². The van der Waals surface area contributed by atoms with E-state index in [0.717, 1.165) is 28.9 Å². The molecule has 124 valence electrons. The first kappa shape index (κ1) is 15.7. The van der Waals surface area contributed by atoms with Gasteiger partial charge in [0.2, 0.25) is 0 Å². The highest BCUT2D eigenvalue weighted by Crippen LogP contribution is 2.33. The molecule has 0 saturated carbocycles. The number of aromatic nitrogens is 1. The Morgan fingerprint density at radius 1 is 1.12 bits per heavy atom. The predicted molar refractivity (Wildman–Crippen MR) is 99.4 cm³/mol. The van der Waals surface area contributed by atoms with Gasteiger partial charge >= 0.3 is 0 Å². The van der Waals surface area contributed by atoms with Crippen LogP contribution in [0, 0.1) is 0 Å². The second-order valence-corrected chi connectivity index (χ2v) is 6.86. The number of ketones is 1. The molecule has 3 aromatic rings. The van der Waals surface area contributed by atoms with E-state index in [1.54, 1.807) is 23.4 Å². The van der Waals surface area contributed by atoms with Gasteiger partial charge in [0.1, 0.15) is 4.88 Å². The first-order chi connectivity index (χ1) is 12.1. The molecule has 4 rings (SSSR count). The lowest BCUT2D eigenvalue weighted by Crippen LogP contribution is -2.28. The molecule has 0 radical (unpaired) electrons. The predicted octanol–water partition coefficient (Wildman–Crippen LogP) is 4.22. The second kappa shape index (κ2) is 6.26. The summed E-state index contributed by atoms with van der Waals surface area (Å²) in [4.78, 5) is 31.5. The summed E-state index contributed by atoms with van der Waals surface area (Å²) in [6.45, 7) is 2.19. The molecule has 0 N–H and O–H groups in total. The smallest absolute Gasteiger partial charge is 0.270 e. The maximum absolute atomic E-state index is 13.1. The molecule has 0 aliphatic carbocycles. The fourth-order valence-corrected chi connectivity index (χ4v) is 3.91. The summed E-state index contributed by atoms with van der Waals surface area (Å²) >= 11 is 1.37. The lowest BCUT2D eigenvalue weighted by Gasteiger charge is -2.17. The molecule has 1 aromatic heterocycles. The summed E-state index contributed by atoms with van der Waals surface area (Å²) in [6.07, 6.45) is 0.766. The van der Waals surface area contributed by atoms with Crippen LogP contribution in [0.15, 0.2) is 54.0 Å². The number of anilines is 1. The van der Waals surface area contributed by atoms with Crippen LogP contribution in [-0.4, -0.2) is 23.2 Å². The molecule has 4 nitrogen and oxygen atoms in total. The largest absolute Gasteiger partial charge is 0.307 e. The second-order valence-electron chi connectivity index (χ2n) is 6.00. The molecular formula is C20H16N2O2S. The SMILES string of the molecule is CC(=O)c1ccc2c(c1)CCN2C(=O)c1scnc1-c1ccccc1. The molecule has 0 fully saturated rings. The zero-order valence-electron chi connectivity index (χ0n) is 13.7. The molecule has 2 heterocycles. The molecule has 0 unspecified atom stereocenters. The van der Waals surface area contributed by atoms with E-state index in [2.05, 4.69) is 4.98 Å². The molecule has 0 spiro atoms. The van der Waals surface area contributed by atoms with Crippen LogP contribution in [0.1, 0.15) is 32.5 Å². The number of thiazole rings is 1. The van der Waals surface area contributed by atoms with Gasteiger partial charge in [-0.25, -0.2) is 4.98 Å². The third kappa shape index (κ3) is 2.76. The third-order valence-electron chi connectivity index (χ3n) is 4.44. The van der Waals surface area contributed by atoms with Gasteiger partial charge in [-0.2, -0.15) is 0 Å².